The third-order valence-electron chi connectivity index (χ3n) is 2.23. The van der Waals surface area contributed by atoms with Gasteiger partial charge in [-0.15, -0.1) is 0 Å². The number of ether oxygens (including phenoxy) is 1. The number of sulfone groups is 1. The molecule has 0 amide bonds. The highest BCUT2D eigenvalue weighted by molar-refractivity contribution is 9.10. The van der Waals surface area contributed by atoms with Crippen molar-refractivity contribution in [3.05, 3.63) is 22.2 Å². The SMILES string of the molecule is COc1c(Br)cc(CC(C)N)cc1S(C)(=O)=O. The van der Waals surface area contributed by atoms with Crippen molar-refractivity contribution in [1.82, 2.24) is 0 Å². The van der Waals surface area contributed by atoms with Crippen molar-refractivity contribution in [2.75, 3.05) is 13.4 Å². The molecule has 0 saturated heterocycles. The Morgan fingerprint density at radius 3 is 2.47 bits per heavy atom. The maximum Gasteiger partial charge on any atom is 0.179 e. The summed E-state index contributed by atoms with van der Waals surface area (Å²) >= 11 is 3.31. The molecule has 0 saturated carbocycles. The van der Waals surface area contributed by atoms with E-state index < -0.39 is 9.84 Å². The van der Waals surface area contributed by atoms with E-state index in [0.29, 0.717) is 16.6 Å². The van der Waals surface area contributed by atoms with Crippen LogP contribution in [-0.4, -0.2) is 27.8 Å². The highest BCUT2D eigenvalue weighted by Gasteiger charge is 2.18. The van der Waals surface area contributed by atoms with Crippen LogP contribution >= 0.6 is 15.9 Å². The van der Waals surface area contributed by atoms with E-state index >= 15 is 0 Å². The minimum Gasteiger partial charge on any atom is -0.494 e. The normalized spacial score (nSPS) is 13.5. The lowest BCUT2D eigenvalue weighted by Gasteiger charge is -2.13. The van der Waals surface area contributed by atoms with E-state index in [-0.39, 0.29) is 10.9 Å². The van der Waals surface area contributed by atoms with Crippen molar-refractivity contribution in [3.8, 4) is 5.75 Å². The third-order valence-corrected chi connectivity index (χ3v) is 3.92. The molecular formula is C11H16BrNO3S. The molecule has 0 spiro atoms. The van der Waals surface area contributed by atoms with E-state index in [1.165, 1.54) is 7.11 Å². The van der Waals surface area contributed by atoms with Crippen LogP contribution in [0.4, 0.5) is 0 Å². The zero-order valence-corrected chi connectivity index (χ0v) is 12.4. The average molecular weight is 322 g/mol. The Morgan fingerprint density at radius 2 is 2.06 bits per heavy atom. The molecule has 0 aromatic heterocycles. The molecule has 1 aromatic rings. The van der Waals surface area contributed by atoms with Crippen molar-refractivity contribution in [2.24, 2.45) is 5.73 Å². The predicted molar refractivity (Wildman–Crippen MR) is 71.2 cm³/mol. The summed E-state index contributed by atoms with van der Waals surface area (Å²) in [5.74, 6) is 0.334. The van der Waals surface area contributed by atoms with E-state index in [2.05, 4.69) is 15.9 Å². The van der Waals surface area contributed by atoms with Gasteiger partial charge in [0, 0.05) is 12.3 Å². The molecule has 0 aliphatic rings. The van der Waals surface area contributed by atoms with Gasteiger partial charge in [0.2, 0.25) is 0 Å². The van der Waals surface area contributed by atoms with Gasteiger partial charge in [-0.3, -0.25) is 0 Å². The van der Waals surface area contributed by atoms with Crippen LogP contribution in [0.3, 0.4) is 0 Å². The van der Waals surface area contributed by atoms with Gasteiger partial charge in [-0.25, -0.2) is 8.42 Å². The summed E-state index contributed by atoms with van der Waals surface area (Å²) in [6.45, 7) is 1.87. The van der Waals surface area contributed by atoms with Crippen LogP contribution in [0.25, 0.3) is 0 Å². The maximum absolute atomic E-state index is 11.7. The molecule has 0 heterocycles. The fraction of sp³-hybridized carbons (Fsp3) is 0.455. The molecule has 2 N–H and O–H groups in total. The highest BCUT2D eigenvalue weighted by Crippen LogP contribution is 2.33. The quantitative estimate of drug-likeness (QED) is 0.917. The third kappa shape index (κ3) is 3.69. The number of halogens is 1. The molecule has 1 atom stereocenters. The average Bonchev–Trinajstić information content (AvgIpc) is 2.14. The number of hydrogen-bond donors (Lipinski definition) is 1. The molecule has 0 aliphatic carbocycles. The smallest absolute Gasteiger partial charge is 0.179 e. The van der Waals surface area contributed by atoms with Crippen LogP contribution in [0.15, 0.2) is 21.5 Å². The first kappa shape index (κ1) is 14.5. The highest BCUT2D eigenvalue weighted by atomic mass is 79.9. The summed E-state index contributed by atoms with van der Waals surface area (Å²) in [4.78, 5) is 0.185. The number of rotatable bonds is 4. The topological polar surface area (TPSA) is 69.4 Å². The van der Waals surface area contributed by atoms with Gasteiger partial charge in [0.1, 0.15) is 4.90 Å². The van der Waals surface area contributed by atoms with E-state index in [1.807, 2.05) is 13.0 Å². The van der Waals surface area contributed by atoms with Crippen molar-refractivity contribution >= 4 is 25.8 Å². The molecule has 6 heteroatoms. The van der Waals surface area contributed by atoms with Gasteiger partial charge in [0.25, 0.3) is 0 Å². The first-order chi connectivity index (χ1) is 7.75. The second-order valence-electron chi connectivity index (χ2n) is 4.06. The Bertz CT molecular complexity index is 512. The Hall–Kier alpha value is -0.590. The largest absolute Gasteiger partial charge is 0.494 e. The molecule has 1 rings (SSSR count). The first-order valence-corrected chi connectivity index (χ1v) is 7.76. The molecule has 1 unspecified atom stereocenters. The lowest BCUT2D eigenvalue weighted by atomic mass is 10.1. The predicted octanol–water partition coefficient (Wildman–Crippen LogP) is 1.75. The van der Waals surface area contributed by atoms with Gasteiger partial charge < -0.3 is 10.5 Å². The zero-order chi connectivity index (χ0) is 13.2. The Kier molecular flexibility index (Phi) is 4.57. The van der Waals surface area contributed by atoms with Crippen molar-refractivity contribution in [1.29, 1.82) is 0 Å². The van der Waals surface area contributed by atoms with Crippen LogP contribution in [0.1, 0.15) is 12.5 Å². The monoisotopic (exact) mass is 321 g/mol. The summed E-state index contributed by atoms with van der Waals surface area (Å²) < 4.78 is 29.1. The summed E-state index contributed by atoms with van der Waals surface area (Å²) in [6.07, 6.45) is 1.78. The number of methoxy groups -OCH3 is 1. The number of hydrogen-bond acceptors (Lipinski definition) is 4. The van der Waals surface area contributed by atoms with E-state index in [1.54, 1.807) is 6.07 Å². The summed E-state index contributed by atoms with van der Waals surface area (Å²) in [5, 5.41) is 0. The molecule has 96 valence electrons. The molecule has 17 heavy (non-hydrogen) atoms. The lowest BCUT2D eigenvalue weighted by Crippen LogP contribution is -2.18. The second-order valence-corrected chi connectivity index (χ2v) is 6.90. The number of benzene rings is 1. The molecular weight excluding hydrogens is 306 g/mol. The first-order valence-electron chi connectivity index (χ1n) is 5.07. The zero-order valence-electron chi connectivity index (χ0n) is 10.0. The molecule has 0 fully saturated rings. The molecule has 4 nitrogen and oxygen atoms in total. The van der Waals surface area contributed by atoms with E-state index in [0.717, 1.165) is 11.8 Å². The van der Waals surface area contributed by atoms with Gasteiger partial charge in [-0.05, 0) is 47.0 Å². The molecule has 0 radical (unpaired) electrons. The summed E-state index contributed by atoms with van der Waals surface area (Å²) in [5.41, 5.74) is 6.58. The minimum absolute atomic E-state index is 0.0253. The molecule has 0 aliphatic heterocycles. The van der Waals surface area contributed by atoms with Crippen LogP contribution in [0, 0.1) is 0 Å². The summed E-state index contributed by atoms with van der Waals surface area (Å²) in [7, 11) is -1.88. The fourth-order valence-electron chi connectivity index (χ4n) is 1.58. The van der Waals surface area contributed by atoms with Gasteiger partial charge >= 0.3 is 0 Å². The number of nitrogens with two attached hydrogens (primary N) is 1. The van der Waals surface area contributed by atoms with E-state index in [9.17, 15) is 8.42 Å². The Labute approximate surface area is 110 Å². The minimum atomic E-state index is -3.32. The Morgan fingerprint density at radius 1 is 1.47 bits per heavy atom. The van der Waals surface area contributed by atoms with Gasteiger partial charge in [-0.2, -0.15) is 0 Å². The van der Waals surface area contributed by atoms with Gasteiger partial charge in [-0.1, -0.05) is 0 Å². The van der Waals surface area contributed by atoms with Crippen LogP contribution in [-0.2, 0) is 16.3 Å². The van der Waals surface area contributed by atoms with Gasteiger partial charge in [0.05, 0.1) is 11.6 Å². The molecule has 0 bridgehead atoms. The lowest BCUT2D eigenvalue weighted by molar-refractivity contribution is 0.399. The van der Waals surface area contributed by atoms with Crippen molar-refractivity contribution < 1.29 is 13.2 Å². The summed E-state index contributed by atoms with van der Waals surface area (Å²) in [6, 6.07) is 3.42. The molecule has 1 aromatic carbocycles. The van der Waals surface area contributed by atoms with Crippen molar-refractivity contribution in [3.63, 3.8) is 0 Å². The van der Waals surface area contributed by atoms with Crippen molar-refractivity contribution in [2.45, 2.75) is 24.3 Å². The standard InChI is InChI=1S/C11H16BrNO3S/c1-7(13)4-8-5-9(12)11(16-2)10(6-8)17(3,14)15/h5-7H,4,13H2,1-3H3. The van der Waals surface area contributed by atoms with E-state index in [4.69, 9.17) is 10.5 Å². The van der Waals surface area contributed by atoms with Crippen LogP contribution < -0.4 is 10.5 Å². The maximum atomic E-state index is 11.7. The Balaban J connectivity index is 3.39. The van der Waals surface area contributed by atoms with Crippen LogP contribution in [0.2, 0.25) is 0 Å². The fourth-order valence-corrected chi connectivity index (χ4v) is 3.28. The second kappa shape index (κ2) is 5.37. The van der Waals surface area contributed by atoms with Gasteiger partial charge in [0.15, 0.2) is 15.6 Å². The van der Waals surface area contributed by atoms with Crippen LogP contribution in [0.5, 0.6) is 5.75 Å².